The van der Waals surface area contributed by atoms with Crippen molar-refractivity contribution in [1.82, 2.24) is 5.32 Å². The number of fused-ring (bicyclic) bond motifs is 1. The lowest BCUT2D eigenvalue weighted by molar-refractivity contribution is -0.115. The van der Waals surface area contributed by atoms with Crippen molar-refractivity contribution in [2.75, 3.05) is 12.4 Å². The molecular formula is C18H18N2O3S. The van der Waals surface area contributed by atoms with Crippen LogP contribution in [0.2, 0.25) is 0 Å². The second-order valence-corrected chi connectivity index (χ2v) is 6.87. The lowest BCUT2D eigenvalue weighted by Gasteiger charge is -2.22. The summed E-state index contributed by atoms with van der Waals surface area (Å²) in [7, 11) is 1.59. The zero-order chi connectivity index (χ0) is 17.1. The van der Waals surface area contributed by atoms with Gasteiger partial charge in [-0.15, -0.1) is 11.8 Å². The minimum absolute atomic E-state index is 0.00641. The molecule has 0 fully saturated rings. The number of carbonyl (C=O) groups excluding carboxylic acids is 2. The summed E-state index contributed by atoms with van der Waals surface area (Å²) in [5, 5.41) is 5.69. The number of thioether (sulfide) groups is 1. The van der Waals surface area contributed by atoms with E-state index in [2.05, 4.69) is 10.6 Å². The Kier molecular flexibility index (Phi) is 4.76. The molecule has 0 aliphatic carbocycles. The molecule has 6 heteroatoms. The molecule has 2 aromatic rings. The molecule has 3 rings (SSSR count). The predicted molar refractivity (Wildman–Crippen MR) is 94.6 cm³/mol. The fourth-order valence-electron chi connectivity index (χ4n) is 2.39. The lowest BCUT2D eigenvalue weighted by Crippen LogP contribution is -2.27. The van der Waals surface area contributed by atoms with Crippen LogP contribution in [0.15, 0.2) is 47.4 Å². The Labute approximate surface area is 144 Å². The third-order valence-electron chi connectivity index (χ3n) is 3.78. The Morgan fingerprint density at radius 3 is 2.71 bits per heavy atom. The third kappa shape index (κ3) is 3.54. The Hall–Kier alpha value is -2.47. The fraction of sp³-hybridized carbons (Fsp3) is 0.222. The summed E-state index contributed by atoms with van der Waals surface area (Å²) in [6, 6.07) is 12.8. The van der Waals surface area contributed by atoms with E-state index >= 15 is 0 Å². The van der Waals surface area contributed by atoms with Gasteiger partial charge in [0.1, 0.15) is 5.75 Å². The van der Waals surface area contributed by atoms with Crippen LogP contribution in [0.1, 0.15) is 22.8 Å². The zero-order valence-electron chi connectivity index (χ0n) is 13.5. The molecule has 5 nitrogen and oxygen atoms in total. The minimum atomic E-state index is -0.151. The fourth-order valence-corrected chi connectivity index (χ4v) is 3.32. The summed E-state index contributed by atoms with van der Waals surface area (Å²) >= 11 is 1.54. The van der Waals surface area contributed by atoms with Gasteiger partial charge in [0.05, 0.1) is 18.0 Å². The molecule has 1 atom stereocenters. The number of rotatable bonds is 4. The summed E-state index contributed by atoms with van der Waals surface area (Å²) in [6.45, 7) is 2.28. The predicted octanol–water partition coefficient (Wildman–Crippen LogP) is 3.06. The smallest absolute Gasteiger partial charge is 0.251 e. The highest BCUT2D eigenvalue weighted by Crippen LogP contribution is 2.35. The number of amides is 2. The SMILES string of the molecule is COc1ccc(C(=O)NCc2ccc3c(c2)NC(=O)C(C)S3)cc1. The summed E-state index contributed by atoms with van der Waals surface area (Å²) in [5.41, 5.74) is 2.32. The van der Waals surface area contributed by atoms with Crippen LogP contribution in [0.5, 0.6) is 5.75 Å². The van der Waals surface area contributed by atoms with Gasteiger partial charge < -0.3 is 15.4 Å². The normalized spacial score (nSPS) is 16.1. The van der Waals surface area contributed by atoms with E-state index in [4.69, 9.17) is 4.74 Å². The molecular weight excluding hydrogens is 324 g/mol. The van der Waals surface area contributed by atoms with Gasteiger partial charge in [0.2, 0.25) is 5.91 Å². The van der Waals surface area contributed by atoms with E-state index in [1.165, 1.54) is 0 Å². The summed E-state index contributed by atoms with van der Waals surface area (Å²) < 4.78 is 5.08. The standard InChI is InChI=1S/C18H18N2O3S/c1-11-17(21)20-15-9-12(3-8-16(15)24-11)10-19-18(22)13-4-6-14(23-2)7-5-13/h3-9,11H,10H2,1-2H3,(H,19,22)(H,20,21). The minimum Gasteiger partial charge on any atom is -0.497 e. The van der Waals surface area contributed by atoms with Crippen molar-refractivity contribution in [2.24, 2.45) is 0 Å². The van der Waals surface area contributed by atoms with Crippen LogP contribution in [0.3, 0.4) is 0 Å². The van der Waals surface area contributed by atoms with Gasteiger partial charge in [-0.1, -0.05) is 6.07 Å². The number of anilines is 1. The highest BCUT2D eigenvalue weighted by Gasteiger charge is 2.22. The van der Waals surface area contributed by atoms with E-state index in [9.17, 15) is 9.59 Å². The summed E-state index contributed by atoms with van der Waals surface area (Å²) in [4.78, 5) is 25.0. The van der Waals surface area contributed by atoms with Crippen LogP contribution in [-0.4, -0.2) is 24.2 Å². The summed E-state index contributed by atoms with van der Waals surface area (Å²) in [6.07, 6.45) is 0. The molecule has 0 saturated carbocycles. The molecule has 1 aliphatic rings. The number of methoxy groups -OCH3 is 1. The van der Waals surface area contributed by atoms with Gasteiger partial charge >= 0.3 is 0 Å². The number of nitrogens with one attached hydrogen (secondary N) is 2. The molecule has 1 aliphatic heterocycles. The topological polar surface area (TPSA) is 67.4 Å². The number of carbonyl (C=O) groups is 2. The number of ether oxygens (including phenoxy) is 1. The molecule has 124 valence electrons. The monoisotopic (exact) mass is 342 g/mol. The van der Waals surface area contributed by atoms with E-state index in [1.54, 1.807) is 43.1 Å². The van der Waals surface area contributed by atoms with Gasteiger partial charge in [-0.25, -0.2) is 0 Å². The number of benzene rings is 2. The van der Waals surface area contributed by atoms with E-state index < -0.39 is 0 Å². The Morgan fingerprint density at radius 2 is 2.00 bits per heavy atom. The molecule has 2 N–H and O–H groups in total. The van der Waals surface area contributed by atoms with Crippen LogP contribution >= 0.6 is 11.8 Å². The van der Waals surface area contributed by atoms with Gasteiger partial charge in [-0.3, -0.25) is 9.59 Å². The van der Waals surface area contributed by atoms with E-state index in [1.807, 2.05) is 25.1 Å². The van der Waals surface area contributed by atoms with Crippen molar-refractivity contribution in [3.63, 3.8) is 0 Å². The molecule has 1 unspecified atom stereocenters. The Balaban J connectivity index is 1.65. The molecule has 0 radical (unpaired) electrons. The summed E-state index contributed by atoms with van der Waals surface area (Å²) in [5.74, 6) is 0.568. The average Bonchev–Trinajstić information content (AvgIpc) is 2.60. The van der Waals surface area contributed by atoms with E-state index in [0.29, 0.717) is 17.9 Å². The number of hydrogen-bond acceptors (Lipinski definition) is 4. The highest BCUT2D eigenvalue weighted by molar-refractivity contribution is 8.00. The second kappa shape index (κ2) is 6.97. The molecule has 1 heterocycles. The van der Waals surface area contributed by atoms with Crippen LogP contribution in [0, 0.1) is 0 Å². The van der Waals surface area contributed by atoms with Crippen molar-refractivity contribution < 1.29 is 14.3 Å². The number of hydrogen-bond donors (Lipinski definition) is 2. The maximum absolute atomic E-state index is 12.2. The first-order valence-electron chi connectivity index (χ1n) is 7.59. The molecule has 0 aromatic heterocycles. The molecule has 2 aromatic carbocycles. The van der Waals surface area contributed by atoms with Gasteiger partial charge in [-0.05, 0) is 48.9 Å². The zero-order valence-corrected chi connectivity index (χ0v) is 14.3. The lowest BCUT2D eigenvalue weighted by atomic mass is 10.1. The molecule has 0 saturated heterocycles. The first-order valence-corrected chi connectivity index (χ1v) is 8.47. The Morgan fingerprint density at radius 1 is 1.25 bits per heavy atom. The van der Waals surface area contributed by atoms with Gasteiger partial charge in [0.15, 0.2) is 0 Å². The van der Waals surface area contributed by atoms with Crippen LogP contribution in [-0.2, 0) is 11.3 Å². The molecule has 0 bridgehead atoms. The third-order valence-corrected chi connectivity index (χ3v) is 4.96. The van der Waals surface area contributed by atoms with Crippen LogP contribution in [0.4, 0.5) is 5.69 Å². The van der Waals surface area contributed by atoms with Crippen molar-refractivity contribution in [3.05, 3.63) is 53.6 Å². The first kappa shape index (κ1) is 16.4. The Bertz CT molecular complexity index is 774. The highest BCUT2D eigenvalue weighted by atomic mass is 32.2. The molecule has 24 heavy (non-hydrogen) atoms. The first-order chi connectivity index (χ1) is 11.6. The largest absolute Gasteiger partial charge is 0.497 e. The van der Waals surface area contributed by atoms with Crippen molar-refractivity contribution in [3.8, 4) is 5.75 Å². The van der Waals surface area contributed by atoms with Crippen molar-refractivity contribution >= 4 is 29.3 Å². The molecule has 0 spiro atoms. The van der Waals surface area contributed by atoms with E-state index in [-0.39, 0.29) is 17.1 Å². The van der Waals surface area contributed by atoms with Gasteiger partial charge in [0.25, 0.3) is 5.91 Å². The maximum atomic E-state index is 12.2. The second-order valence-electron chi connectivity index (χ2n) is 5.49. The van der Waals surface area contributed by atoms with Crippen LogP contribution in [0.25, 0.3) is 0 Å². The maximum Gasteiger partial charge on any atom is 0.251 e. The average molecular weight is 342 g/mol. The molecule has 2 amide bonds. The van der Waals surface area contributed by atoms with Gasteiger partial charge in [-0.2, -0.15) is 0 Å². The van der Waals surface area contributed by atoms with Crippen molar-refractivity contribution in [1.29, 1.82) is 0 Å². The quantitative estimate of drug-likeness (QED) is 0.896. The van der Waals surface area contributed by atoms with E-state index in [0.717, 1.165) is 16.1 Å². The van der Waals surface area contributed by atoms with Gasteiger partial charge in [0, 0.05) is 17.0 Å². The van der Waals surface area contributed by atoms with Crippen molar-refractivity contribution in [2.45, 2.75) is 23.6 Å². The van der Waals surface area contributed by atoms with Crippen LogP contribution < -0.4 is 15.4 Å².